The Morgan fingerprint density at radius 2 is 1.72 bits per heavy atom. The number of nitrogens with one attached hydrogen (secondary N) is 2. The minimum Gasteiger partial charge on any atom is -0.496 e. The maximum Gasteiger partial charge on any atom is 0.275 e. The van der Waals surface area contributed by atoms with Gasteiger partial charge in [-0.3, -0.25) is 4.79 Å². The molecule has 1 amide bonds. The molecule has 0 saturated carbocycles. The number of ether oxygens (including phenoxy) is 1. The Labute approximate surface area is 172 Å². The van der Waals surface area contributed by atoms with Crippen LogP contribution in [0.15, 0.2) is 54.6 Å². The van der Waals surface area contributed by atoms with E-state index in [0.29, 0.717) is 39.3 Å². The lowest BCUT2D eigenvalue weighted by Crippen LogP contribution is -3.15. The van der Waals surface area contributed by atoms with Crippen molar-refractivity contribution in [2.75, 3.05) is 39.8 Å². The number of quaternary nitrogens is 1. The van der Waals surface area contributed by atoms with Crippen molar-refractivity contribution in [3.8, 4) is 5.75 Å². The van der Waals surface area contributed by atoms with Crippen LogP contribution in [0.5, 0.6) is 5.75 Å². The van der Waals surface area contributed by atoms with E-state index in [1.54, 1.807) is 7.11 Å². The first-order chi connectivity index (χ1) is 14.0. The third-order valence-electron chi connectivity index (χ3n) is 5.09. The second-order valence-electron chi connectivity index (χ2n) is 7.16. The molecule has 7 nitrogen and oxygen atoms in total. The van der Waals surface area contributed by atoms with Crippen LogP contribution in [0.25, 0.3) is 0 Å². The number of methoxy groups -OCH3 is 1. The van der Waals surface area contributed by atoms with Crippen molar-refractivity contribution in [2.24, 2.45) is 0 Å². The SMILES string of the molecule is COc1ccccc1CNC(=O)C[NH+]1CCN(S(=O)(=O)Cc2ccccc2)CC1. The third-order valence-corrected chi connectivity index (χ3v) is 6.94. The minimum absolute atomic E-state index is 0.0164. The van der Waals surface area contributed by atoms with Gasteiger partial charge in [-0.15, -0.1) is 0 Å². The second kappa shape index (κ2) is 9.87. The number of sulfonamides is 1. The van der Waals surface area contributed by atoms with E-state index in [2.05, 4.69) is 5.32 Å². The van der Waals surface area contributed by atoms with Crippen LogP contribution in [0.3, 0.4) is 0 Å². The molecule has 1 aliphatic rings. The summed E-state index contributed by atoms with van der Waals surface area (Å²) in [5.41, 5.74) is 1.72. The summed E-state index contributed by atoms with van der Waals surface area (Å²) < 4.78 is 32.1. The molecule has 0 radical (unpaired) electrons. The Balaban J connectivity index is 1.45. The van der Waals surface area contributed by atoms with Gasteiger partial charge in [0.1, 0.15) is 5.75 Å². The van der Waals surface area contributed by atoms with Crippen LogP contribution in [0.4, 0.5) is 0 Å². The number of carbonyl (C=O) groups excluding carboxylic acids is 1. The molecule has 29 heavy (non-hydrogen) atoms. The molecule has 8 heteroatoms. The van der Waals surface area contributed by atoms with Crippen molar-refractivity contribution in [3.05, 3.63) is 65.7 Å². The summed E-state index contributed by atoms with van der Waals surface area (Å²) in [5.74, 6) is 0.714. The molecular weight excluding hydrogens is 390 g/mol. The van der Waals surface area contributed by atoms with E-state index < -0.39 is 10.0 Å². The van der Waals surface area contributed by atoms with Gasteiger partial charge >= 0.3 is 0 Å². The molecule has 0 aromatic heterocycles. The first-order valence-corrected chi connectivity index (χ1v) is 11.3. The van der Waals surface area contributed by atoms with Crippen molar-refractivity contribution in [2.45, 2.75) is 12.3 Å². The van der Waals surface area contributed by atoms with Gasteiger partial charge in [0.15, 0.2) is 6.54 Å². The molecule has 0 bridgehead atoms. The Hall–Kier alpha value is -2.42. The predicted molar refractivity (Wildman–Crippen MR) is 111 cm³/mol. The summed E-state index contributed by atoms with van der Waals surface area (Å²) in [6.45, 7) is 2.86. The molecule has 2 aromatic carbocycles. The fourth-order valence-corrected chi connectivity index (χ4v) is 5.00. The summed E-state index contributed by atoms with van der Waals surface area (Å²) in [4.78, 5) is 13.4. The first-order valence-electron chi connectivity index (χ1n) is 9.72. The molecule has 0 atom stereocenters. The average molecular weight is 419 g/mol. The summed E-state index contributed by atoms with van der Waals surface area (Å²) in [6, 6.07) is 16.8. The van der Waals surface area contributed by atoms with Gasteiger partial charge in [0, 0.05) is 12.1 Å². The Morgan fingerprint density at radius 3 is 2.41 bits per heavy atom. The maximum atomic E-state index is 12.6. The lowest BCUT2D eigenvalue weighted by atomic mass is 10.2. The summed E-state index contributed by atoms with van der Waals surface area (Å²) in [6.07, 6.45) is 0. The van der Waals surface area contributed by atoms with Gasteiger partial charge in [-0.1, -0.05) is 48.5 Å². The van der Waals surface area contributed by atoms with Crippen LogP contribution in [-0.4, -0.2) is 58.5 Å². The number of para-hydroxylation sites is 1. The molecule has 1 heterocycles. The Kier molecular flexibility index (Phi) is 7.24. The predicted octanol–water partition coefficient (Wildman–Crippen LogP) is 0.0419. The van der Waals surface area contributed by atoms with Crippen LogP contribution in [0.1, 0.15) is 11.1 Å². The molecule has 2 N–H and O–H groups in total. The van der Waals surface area contributed by atoms with Crippen molar-refractivity contribution in [3.63, 3.8) is 0 Å². The van der Waals surface area contributed by atoms with Crippen LogP contribution < -0.4 is 15.0 Å². The van der Waals surface area contributed by atoms with Gasteiger partial charge in [0.05, 0.1) is 39.0 Å². The minimum atomic E-state index is -3.34. The second-order valence-corrected chi connectivity index (χ2v) is 9.13. The smallest absolute Gasteiger partial charge is 0.275 e. The van der Waals surface area contributed by atoms with Crippen LogP contribution in [0.2, 0.25) is 0 Å². The quantitative estimate of drug-likeness (QED) is 0.635. The highest BCUT2D eigenvalue weighted by atomic mass is 32.2. The zero-order chi connectivity index (χ0) is 20.7. The van der Waals surface area contributed by atoms with Crippen LogP contribution in [-0.2, 0) is 27.1 Å². The van der Waals surface area contributed by atoms with Gasteiger partial charge in [-0.25, -0.2) is 8.42 Å². The van der Waals surface area contributed by atoms with E-state index in [1.807, 2.05) is 54.6 Å². The van der Waals surface area contributed by atoms with Gasteiger partial charge in [0.2, 0.25) is 10.0 Å². The zero-order valence-electron chi connectivity index (χ0n) is 16.6. The van der Waals surface area contributed by atoms with E-state index in [1.165, 1.54) is 4.31 Å². The number of piperazine rings is 1. The number of hydrogen-bond acceptors (Lipinski definition) is 4. The summed E-state index contributed by atoms with van der Waals surface area (Å²) in [5, 5.41) is 2.92. The molecule has 0 aliphatic carbocycles. The number of hydrogen-bond donors (Lipinski definition) is 2. The monoisotopic (exact) mass is 418 g/mol. The van der Waals surface area contributed by atoms with Crippen molar-refractivity contribution >= 4 is 15.9 Å². The molecule has 1 fully saturated rings. The normalized spacial score (nSPS) is 15.8. The van der Waals surface area contributed by atoms with E-state index >= 15 is 0 Å². The highest BCUT2D eigenvalue weighted by Crippen LogP contribution is 2.16. The number of benzene rings is 2. The zero-order valence-corrected chi connectivity index (χ0v) is 17.5. The van der Waals surface area contributed by atoms with Gasteiger partial charge in [-0.2, -0.15) is 4.31 Å². The fraction of sp³-hybridized carbons (Fsp3) is 0.381. The van der Waals surface area contributed by atoms with E-state index in [-0.39, 0.29) is 11.7 Å². The van der Waals surface area contributed by atoms with Crippen molar-refractivity contribution < 1.29 is 22.8 Å². The lowest BCUT2D eigenvalue weighted by molar-refractivity contribution is -0.895. The molecule has 0 spiro atoms. The molecule has 156 valence electrons. The Morgan fingerprint density at radius 1 is 1.07 bits per heavy atom. The number of amides is 1. The first kappa shape index (κ1) is 21.3. The standard InChI is InChI=1S/C21H27N3O4S/c1-28-20-10-6-5-9-19(20)15-22-21(25)16-23-11-13-24(14-12-23)29(26,27)17-18-7-3-2-4-8-18/h2-10H,11-17H2,1H3,(H,22,25)/p+1. The Bertz CT molecular complexity index is 911. The topological polar surface area (TPSA) is 80.2 Å². The fourth-order valence-electron chi connectivity index (χ4n) is 3.47. The van der Waals surface area contributed by atoms with Crippen molar-refractivity contribution in [1.82, 2.24) is 9.62 Å². The highest BCUT2D eigenvalue weighted by molar-refractivity contribution is 7.88. The lowest BCUT2D eigenvalue weighted by Gasteiger charge is -2.31. The number of rotatable bonds is 8. The van der Waals surface area contributed by atoms with Gasteiger partial charge in [-0.05, 0) is 11.6 Å². The largest absolute Gasteiger partial charge is 0.496 e. The average Bonchev–Trinajstić information content (AvgIpc) is 2.73. The molecule has 0 unspecified atom stereocenters. The molecular formula is C21H28N3O4S+. The molecule has 1 aliphatic heterocycles. The number of carbonyl (C=O) groups is 1. The third kappa shape index (κ3) is 6.03. The summed E-state index contributed by atoms with van der Waals surface area (Å²) >= 11 is 0. The van der Waals surface area contributed by atoms with E-state index in [4.69, 9.17) is 4.74 Å². The van der Waals surface area contributed by atoms with Crippen LogP contribution in [0, 0.1) is 0 Å². The van der Waals surface area contributed by atoms with Crippen molar-refractivity contribution in [1.29, 1.82) is 0 Å². The molecule has 3 rings (SSSR count). The molecule has 2 aromatic rings. The highest BCUT2D eigenvalue weighted by Gasteiger charge is 2.29. The van der Waals surface area contributed by atoms with Crippen LogP contribution >= 0.6 is 0 Å². The summed E-state index contributed by atoms with van der Waals surface area (Å²) in [7, 11) is -1.73. The number of nitrogens with zero attached hydrogens (tertiary/aromatic N) is 1. The molecule has 1 saturated heterocycles. The van der Waals surface area contributed by atoms with Gasteiger partial charge in [0.25, 0.3) is 5.91 Å². The maximum absolute atomic E-state index is 12.6. The van der Waals surface area contributed by atoms with E-state index in [0.717, 1.165) is 21.8 Å². The van der Waals surface area contributed by atoms with Gasteiger partial charge < -0.3 is 15.0 Å². The van der Waals surface area contributed by atoms with E-state index in [9.17, 15) is 13.2 Å².